The fourth-order valence-electron chi connectivity index (χ4n) is 0. The molecule has 0 unspecified atom stereocenters. The zero-order valence-corrected chi connectivity index (χ0v) is 4.32. The number of hydrogen-bond acceptors (Lipinski definition) is 5. The van der Waals surface area contributed by atoms with Gasteiger partial charge in [-0.05, 0) is 0 Å². The highest BCUT2D eigenvalue weighted by Crippen LogP contribution is 1.20. The van der Waals surface area contributed by atoms with Gasteiger partial charge in [-0.3, -0.25) is 0 Å². The van der Waals surface area contributed by atoms with Crippen LogP contribution < -0.4 is 0 Å². The summed E-state index contributed by atoms with van der Waals surface area (Å²) in [6.45, 7) is 7.33. The fraction of sp³-hybridized carbons (Fsp3) is 0. The quantitative estimate of drug-likeness (QED) is 0.267. The Morgan fingerprint density at radius 1 is 1.00 bits per heavy atom. The Labute approximate surface area is 46.9 Å². The van der Waals surface area contributed by atoms with E-state index >= 15 is 0 Å². The predicted octanol–water partition coefficient (Wildman–Crippen LogP) is -0.0325. The number of carbonyl (C=O) groups is 1. The minimum absolute atomic E-state index is 2.00. The third-order valence-electron chi connectivity index (χ3n) is 0. The summed E-state index contributed by atoms with van der Waals surface area (Å²) in [6, 6.07) is 0. The van der Waals surface area contributed by atoms with Crippen molar-refractivity contribution in [1.29, 1.82) is 0 Å². The van der Waals surface area contributed by atoms with Crippen molar-refractivity contribution in [2.45, 2.75) is 0 Å². The predicted molar refractivity (Wildman–Crippen MR) is 29.8 cm³/mol. The molecular formula is C3H8N2O3. The smallest absolute Gasteiger partial charge is 0.106 e. The Morgan fingerprint density at radius 2 is 1.00 bits per heavy atom. The van der Waals surface area contributed by atoms with Crippen LogP contribution in [0.3, 0.4) is 0 Å². The van der Waals surface area contributed by atoms with Crippen LogP contribution in [0.5, 0.6) is 0 Å². The van der Waals surface area contributed by atoms with Gasteiger partial charge in [-0.25, -0.2) is 0 Å². The summed E-state index contributed by atoms with van der Waals surface area (Å²) in [4.78, 5) is 8.00. The molecule has 0 heterocycles. The highest BCUT2D eigenvalue weighted by atomic mass is 16.4. The molecule has 0 fully saturated rings. The summed E-state index contributed by atoms with van der Waals surface area (Å²) in [5.74, 6) is 0. The monoisotopic (exact) mass is 120 g/mol. The second-order valence-corrected chi connectivity index (χ2v) is 0.283. The van der Waals surface area contributed by atoms with Crippen LogP contribution in [0.25, 0.3) is 0 Å². The molecule has 0 atom stereocenters. The second kappa shape index (κ2) is 320. The van der Waals surface area contributed by atoms with Gasteiger partial charge in [0.25, 0.3) is 0 Å². The Balaban J connectivity index is -0.0000000483. The van der Waals surface area contributed by atoms with E-state index in [4.69, 9.17) is 15.2 Å². The van der Waals surface area contributed by atoms with Crippen molar-refractivity contribution in [3.63, 3.8) is 0 Å². The lowest BCUT2D eigenvalue weighted by Crippen LogP contribution is -1.30. The highest BCUT2D eigenvalue weighted by Gasteiger charge is 1.06. The average molecular weight is 120 g/mol. The molecule has 0 aromatic rings. The van der Waals surface area contributed by atoms with Gasteiger partial charge in [-0.15, -0.1) is 10.3 Å². The summed E-state index contributed by atoms with van der Waals surface area (Å²) in [5.41, 5.74) is 0. The van der Waals surface area contributed by atoms with E-state index in [0.29, 0.717) is 0 Å². The molecule has 0 aliphatic heterocycles. The van der Waals surface area contributed by atoms with Crippen LogP contribution in [-0.4, -0.2) is 30.6 Å². The third-order valence-corrected chi connectivity index (χ3v) is 0. The Morgan fingerprint density at radius 3 is 1.00 bits per heavy atom. The van der Waals surface area contributed by atoms with E-state index in [-0.39, 0.29) is 0 Å². The number of carbonyl (C=O) groups excluding carboxylic acids is 1. The molecule has 0 rings (SSSR count). The Bertz CT molecular complexity index is 41.8. The number of rotatable bonds is 0. The number of oxime groups is 2. The molecule has 5 heteroatoms. The summed E-state index contributed by atoms with van der Waals surface area (Å²) < 4.78 is 0. The topological polar surface area (TPSA) is 82.2 Å². The normalized spacial score (nSPS) is 3.50. The zero-order chi connectivity index (χ0) is 7.41. The largest absolute Gasteiger partial charge is 0.411 e. The third kappa shape index (κ3) is 31.1. The van der Waals surface area contributed by atoms with Gasteiger partial charge < -0.3 is 15.2 Å². The SMILES string of the molecule is C=NO.C=NO.C=O. The zero-order valence-electron chi connectivity index (χ0n) is 4.32. The maximum absolute atomic E-state index is 8.00. The molecule has 0 spiro atoms. The molecule has 0 radical (unpaired) electrons. The van der Waals surface area contributed by atoms with Crippen LogP contribution in [0.4, 0.5) is 0 Å². The molecular weight excluding hydrogens is 112 g/mol. The number of nitrogens with zero attached hydrogens (tertiary/aromatic N) is 2. The summed E-state index contributed by atoms with van der Waals surface area (Å²) in [6.07, 6.45) is 0. The molecule has 0 bridgehead atoms. The van der Waals surface area contributed by atoms with Gasteiger partial charge in [-0.2, -0.15) is 0 Å². The van der Waals surface area contributed by atoms with Crippen molar-refractivity contribution in [2.75, 3.05) is 0 Å². The van der Waals surface area contributed by atoms with Crippen LogP contribution in [0.15, 0.2) is 10.3 Å². The van der Waals surface area contributed by atoms with E-state index < -0.39 is 0 Å². The first-order valence-corrected chi connectivity index (χ1v) is 1.32. The molecule has 8 heavy (non-hydrogen) atoms. The molecule has 5 nitrogen and oxygen atoms in total. The van der Waals surface area contributed by atoms with Crippen molar-refractivity contribution >= 4 is 20.2 Å². The maximum Gasteiger partial charge on any atom is 0.106 e. The van der Waals surface area contributed by atoms with Gasteiger partial charge in [0, 0.05) is 13.4 Å². The first-order valence-electron chi connectivity index (χ1n) is 1.32. The van der Waals surface area contributed by atoms with Crippen LogP contribution in [0, 0.1) is 0 Å². The van der Waals surface area contributed by atoms with E-state index in [1.807, 2.05) is 6.79 Å². The van der Waals surface area contributed by atoms with Crippen molar-refractivity contribution in [2.24, 2.45) is 10.3 Å². The number of hydrogen-bond donors (Lipinski definition) is 2. The van der Waals surface area contributed by atoms with Crippen molar-refractivity contribution in [1.82, 2.24) is 0 Å². The van der Waals surface area contributed by atoms with Crippen LogP contribution in [0.2, 0.25) is 0 Å². The molecule has 0 amide bonds. The van der Waals surface area contributed by atoms with E-state index in [0.717, 1.165) is 0 Å². The summed E-state index contributed by atoms with van der Waals surface area (Å²) in [7, 11) is 0. The summed E-state index contributed by atoms with van der Waals surface area (Å²) in [5, 5.41) is 18.7. The van der Waals surface area contributed by atoms with Gasteiger partial charge >= 0.3 is 0 Å². The van der Waals surface area contributed by atoms with E-state index in [1.54, 1.807) is 0 Å². The van der Waals surface area contributed by atoms with E-state index in [9.17, 15) is 0 Å². The van der Waals surface area contributed by atoms with Crippen LogP contribution in [-0.2, 0) is 4.79 Å². The van der Waals surface area contributed by atoms with Crippen LogP contribution >= 0.6 is 0 Å². The van der Waals surface area contributed by atoms with E-state index in [1.165, 1.54) is 0 Å². The lowest BCUT2D eigenvalue weighted by atomic mass is 11.8. The minimum atomic E-state index is 2.00. The van der Waals surface area contributed by atoms with Crippen molar-refractivity contribution in [3.05, 3.63) is 0 Å². The average Bonchev–Trinajstić information content (AvgIpc) is 1.75. The molecule has 2 N–H and O–H groups in total. The van der Waals surface area contributed by atoms with Gasteiger partial charge in [0.15, 0.2) is 0 Å². The standard InChI is InChI=1S/2CH3NO.CH2O/c2*1-2-3;1-2/h2*3H,1H2;1H2. The molecule has 0 aromatic heterocycles. The van der Waals surface area contributed by atoms with E-state index in [2.05, 4.69) is 23.7 Å². The van der Waals surface area contributed by atoms with Crippen molar-refractivity contribution < 1.29 is 15.2 Å². The molecule has 0 saturated heterocycles. The molecule has 0 aliphatic rings. The van der Waals surface area contributed by atoms with Crippen molar-refractivity contribution in [3.8, 4) is 0 Å². The first-order chi connectivity index (χ1) is 3.83. The Hall–Kier alpha value is -1.39. The molecule has 0 saturated carbocycles. The second-order valence-electron chi connectivity index (χ2n) is 0.283. The Kier molecular flexibility index (Phi) is 639. The fourth-order valence-corrected chi connectivity index (χ4v) is 0. The molecule has 0 aliphatic carbocycles. The lowest BCUT2D eigenvalue weighted by Gasteiger charge is -1.43. The lowest BCUT2D eigenvalue weighted by molar-refractivity contribution is -0.0979. The highest BCUT2D eigenvalue weighted by molar-refractivity contribution is 5.21. The molecule has 48 valence electrons. The first kappa shape index (κ1) is 16.0. The maximum atomic E-state index is 8.00. The molecule has 0 aromatic carbocycles. The van der Waals surface area contributed by atoms with Gasteiger partial charge in [0.1, 0.15) is 6.79 Å². The van der Waals surface area contributed by atoms with Crippen LogP contribution in [0.1, 0.15) is 0 Å². The minimum Gasteiger partial charge on any atom is -0.411 e. The van der Waals surface area contributed by atoms with Gasteiger partial charge in [0.05, 0.1) is 0 Å². The van der Waals surface area contributed by atoms with Gasteiger partial charge in [-0.1, -0.05) is 0 Å². The summed E-state index contributed by atoms with van der Waals surface area (Å²) >= 11 is 0. The van der Waals surface area contributed by atoms with Gasteiger partial charge in [0.2, 0.25) is 0 Å².